The first kappa shape index (κ1) is 16.5. The topological polar surface area (TPSA) is 84.7 Å². The van der Waals surface area contributed by atoms with Crippen LogP contribution >= 0.6 is 0 Å². The van der Waals surface area contributed by atoms with Gasteiger partial charge in [0.05, 0.1) is 6.04 Å². The molecule has 24 heavy (non-hydrogen) atoms. The predicted molar refractivity (Wildman–Crippen MR) is 90.1 cm³/mol. The maximum Gasteiger partial charge on any atom is 0.407 e. The van der Waals surface area contributed by atoms with Crippen LogP contribution in [0.1, 0.15) is 39.8 Å². The van der Waals surface area contributed by atoms with Crippen molar-refractivity contribution in [1.29, 1.82) is 0 Å². The molecule has 0 bridgehead atoms. The lowest BCUT2D eigenvalue weighted by Gasteiger charge is -2.22. The van der Waals surface area contributed by atoms with Gasteiger partial charge in [0.15, 0.2) is 0 Å². The number of ether oxygens (including phenoxy) is 1. The van der Waals surface area contributed by atoms with Gasteiger partial charge in [0, 0.05) is 24.8 Å². The molecule has 1 aliphatic rings. The smallest absolute Gasteiger partial charge is 0.407 e. The van der Waals surface area contributed by atoms with E-state index in [-0.39, 0.29) is 12.1 Å². The van der Waals surface area contributed by atoms with Crippen molar-refractivity contribution in [2.24, 2.45) is 0 Å². The van der Waals surface area contributed by atoms with E-state index in [2.05, 4.69) is 32.2 Å². The molecule has 2 aromatic rings. The quantitative estimate of drug-likeness (QED) is 0.922. The number of aryl methyl sites for hydroxylation is 1. The highest BCUT2D eigenvalue weighted by atomic mass is 16.6. The molecule has 1 atom stereocenters. The molecule has 0 aliphatic carbocycles. The number of hydrogen-bond acceptors (Lipinski definition) is 6. The Bertz CT molecular complexity index is 736. The van der Waals surface area contributed by atoms with Crippen LogP contribution in [0.2, 0.25) is 0 Å². The van der Waals surface area contributed by atoms with Crippen molar-refractivity contribution in [1.82, 2.24) is 24.9 Å². The van der Waals surface area contributed by atoms with E-state index in [0.717, 1.165) is 30.9 Å². The summed E-state index contributed by atoms with van der Waals surface area (Å²) in [7, 11) is 0. The van der Waals surface area contributed by atoms with Crippen molar-refractivity contribution in [2.75, 3.05) is 18.0 Å². The summed E-state index contributed by atoms with van der Waals surface area (Å²) in [5.74, 6) is 1.57. The van der Waals surface area contributed by atoms with E-state index < -0.39 is 5.60 Å². The molecule has 1 amide bonds. The van der Waals surface area contributed by atoms with Crippen LogP contribution in [0.5, 0.6) is 0 Å². The van der Waals surface area contributed by atoms with Crippen LogP contribution in [0.15, 0.2) is 12.4 Å². The Kier molecular flexibility index (Phi) is 4.29. The van der Waals surface area contributed by atoms with Crippen molar-refractivity contribution in [3.05, 3.63) is 18.1 Å². The second kappa shape index (κ2) is 6.26. The van der Waals surface area contributed by atoms with Gasteiger partial charge >= 0.3 is 6.09 Å². The van der Waals surface area contributed by atoms with E-state index in [1.165, 1.54) is 6.33 Å². The van der Waals surface area contributed by atoms with Crippen LogP contribution in [0.4, 0.5) is 10.6 Å². The van der Waals surface area contributed by atoms with Crippen LogP contribution in [0.25, 0.3) is 5.78 Å². The molecular weight excluding hydrogens is 308 g/mol. The third kappa shape index (κ3) is 3.58. The van der Waals surface area contributed by atoms with Gasteiger partial charge < -0.3 is 15.0 Å². The summed E-state index contributed by atoms with van der Waals surface area (Å²) in [5.41, 5.74) is 0.491. The molecule has 3 heterocycles. The fourth-order valence-corrected chi connectivity index (χ4v) is 2.81. The van der Waals surface area contributed by atoms with Crippen molar-refractivity contribution < 1.29 is 9.53 Å². The maximum absolute atomic E-state index is 11.9. The lowest BCUT2D eigenvalue weighted by Crippen LogP contribution is -2.40. The fraction of sp³-hybridized carbons (Fsp3) is 0.625. The van der Waals surface area contributed by atoms with Crippen LogP contribution in [0, 0.1) is 0 Å². The van der Waals surface area contributed by atoms with E-state index >= 15 is 0 Å². The Balaban J connectivity index is 1.72. The van der Waals surface area contributed by atoms with E-state index in [4.69, 9.17) is 4.74 Å². The summed E-state index contributed by atoms with van der Waals surface area (Å²) in [4.78, 5) is 22.8. The van der Waals surface area contributed by atoms with Gasteiger partial charge in [-0.25, -0.2) is 9.78 Å². The molecule has 0 radical (unpaired) electrons. The SMILES string of the molecule is CCc1cc(N2CCC(NC(=O)OC(C)(C)C)C2)n2ncnc2n1. The molecule has 8 nitrogen and oxygen atoms in total. The van der Waals surface area contributed by atoms with Crippen LogP contribution < -0.4 is 10.2 Å². The molecule has 1 saturated heterocycles. The zero-order chi connectivity index (χ0) is 17.3. The Morgan fingerprint density at radius 2 is 2.25 bits per heavy atom. The van der Waals surface area contributed by atoms with Gasteiger partial charge in [0.1, 0.15) is 17.7 Å². The van der Waals surface area contributed by atoms with Gasteiger partial charge in [-0.2, -0.15) is 14.6 Å². The lowest BCUT2D eigenvalue weighted by atomic mass is 10.2. The minimum absolute atomic E-state index is 0.0525. The van der Waals surface area contributed by atoms with Gasteiger partial charge in [-0.1, -0.05) is 6.92 Å². The number of anilines is 1. The molecular formula is C16H24N6O2. The van der Waals surface area contributed by atoms with E-state index in [9.17, 15) is 4.79 Å². The number of aromatic nitrogens is 4. The van der Waals surface area contributed by atoms with Gasteiger partial charge in [0.25, 0.3) is 5.78 Å². The number of alkyl carbamates (subject to hydrolysis) is 1. The summed E-state index contributed by atoms with van der Waals surface area (Å²) in [6.07, 6.45) is 2.84. The minimum Gasteiger partial charge on any atom is -0.444 e. The summed E-state index contributed by atoms with van der Waals surface area (Å²) in [6.45, 7) is 9.19. The van der Waals surface area contributed by atoms with Crippen LogP contribution in [0.3, 0.4) is 0 Å². The van der Waals surface area contributed by atoms with Crippen molar-refractivity contribution >= 4 is 17.7 Å². The average molecular weight is 332 g/mol. The largest absolute Gasteiger partial charge is 0.444 e. The van der Waals surface area contributed by atoms with Crippen molar-refractivity contribution in [3.63, 3.8) is 0 Å². The lowest BCUT2D eigenvalue weighted by molar-refractivity contribution is 0.0509. The molecule has 1 unspecified atom stereocenters. The fourth-order valence-electron chi connectivity index (χ4n) is 2.81. The minimum atomic E-state index is -0.490. The Labute approximate surface area is 141 Å². The molecule has 1 aliphatic heterocycles. The first-order valence-corrected chi connectivity index (χ1v) is 8.30. The summed E-state index contributed by atoms with van der Waals surface area (Å²) >= 11 is 0. The Hall–Kier alpha value is -2.38. The van der Waals surface area contributed by atoms with Gasteiger partial charge in [-0.15, -0.1) is 0 Å². The number of nitrogens with one attached hydrogen (secondary N) is 1. The number of amides is 1. The average Bonchev–Trinajstić information content (AvgIpc) is 3.12. The van der Waals surface area contributed by atoms with Crippen LogP contribution in [-0.4, -0.2) is 50.4 Å². The summed E-state index contributed by atoms with van der Waals surface area (Å²) in [6, 6.07) is 2.09. The second-order valence-corrected chi connectivity index (χ2v) is 7.01. The highest BCUT2D eigenvalue weighted by Crippen LogP contribution is 2.22. The summed E-state index contributed by atoms with van der Waals surface area (Å²) < 4.78 is 7.07. The number of nitrogens with zero attached hydrogens (tertiary/aromatic N) is 5. The third-order valence-electron chi connectivity index (χ3n) is 3.88. The number of carbonyl (C=O) groups excluding carboxylic acids is 1. The highest BCUT2D eigenvalue weighted by Gasteiger charge is 2.28. The Morgan fingerprint density at radius 3 is 2.96 bits per heavy atom. The van der Waals surface area contributed by atoms with E-state index in [1.54, 1.807) is 4.52 Å². The van der Waals surface area contributed by atoms with Crippen molar-refractivity contribution in [2.45, 2.75) is 52.2 Å². The monoisotopic (exact) mass is 332 g/mol. The second-order valence-electron chi connectivity index (χ2n) is 7.01. The van der Waals surface area contributed by atoms with Gasteiger partial charge in [-0.05, 0) is 33.6 Å². The zero-order valence-electron chi connectivity index (χ0n) is 14.6. The molecule has 0 saturated carbocycles. The molecule has 3 rings (SSSR count). The highest BCUT2D eigenvalue weighted by molar-refractivity contribution is 5.68. The molecule has 130 valence electrons. The molecule has 2 aromatic heterocycles. The first-order chi connectivity index (χ1) is 11.4. The van der Waals surface area contributed by atoms with Crippen molar-refractivity contribution in [3.8, 4) is 0 Å². The molecule has 1 fully saturated rings. The normalized spacial score (nSPS) is 18.2. The standard InChI is InChI=1S/C16H24N6O2/c1-5-11-8-13(22-14(19-11)17-10-18-22)21-7-6-12(9-21)20-15(23)24-16(2,3)4/h8,10,12H,5-7,9H2,1-4H3,(H,20,23). The van der Waals surface area contributed by atoms with Gasteiger partial charge in [-0.3, -0.25) is 0 Å². The molecule has 0 aromatic carbocycles. The Morgan fingerprint density at radius 1 is 1.46 bits per heavy atom. The van der Waals surface area contributed by atoms with Gasteiger partial charge in [0.2, 0.25) is 0 Å². The summed E-state index contributed by atoms with van der Waals surface area (Å²) in [5, 5.41) is 7.20. The molecule has 0 spiro atoms. The molecule has 1 N–H and O–H groups in total. The zero-order valence-corrected chi connectivity index (χ0v) is 14.6. The number of hydrogen-bond donors (Lipinski definition) is 1. The van der Waals surface area contributed by atoms with Crippen LogP contribution in [-0.2, 0) is 11.2 Å². The maximum atomic E-state index is 11.9. The number of fused-ring (bicyclic) bond motifs is 1. The number of rotatable bonds is 3. The predicted octanol–water partition coefficient (Wildman–Crippen LogP) is 1.79. The molecule has 8 heteroatoms. The number of carbonyl (C=O) groups is 1. The third-order valence-corrected chi connectivity index (χ3v) is 3.88. The first-order valence-electron chi connectivity index (χ1n) is 8.30. The van der Waals surface area contributed by atoms with E-state index in [1.807, 2.05) is 26.8 Å². The van der Waals surface area contributed by atoms with E-state index in [0.29, 0.717) is 12.3 Å².